The van der Waals surface area contributed by atoms with E-state index in [2.05, 4.69) is 15.6 Å². The summed E-state index contributed by atoms with van der Waals surface area (Å²) in [4.78, 5) is 38.1. The van der Waals surface area contributed by atoms with Crippen molar-refractivity contribution in [3.8, 4) is 0 Å². The Balaban J connectivity index is 2.02. The molecule has 0 fully saturated rings. The van der Waals surface area contributed by atoms with E-state index in [0.29, 0.717) is 0 Å². The Morgan fingerprint density at radius 2 is 1.82 bits per heavy atom. The van der Waals surface area contributed by atoms with Crippen molar-refractivity contribution >= 4 is 35.1 Å². The summed E-state index contributed by atoms with van der Waals surface area (Å²) in [7, 11) is 0. The molecule has 1 aromatic carbocycles. The predicted octanol–water partition coefficient (Wildman–Crippen LogP) is 3.92. The zero-order valence-corrected chi connectivity index (χ0v) is 16.2. The van der Waals surface area contributed by atoms with Gasteiger partial charge in [0.1, 0.15) is 10.8 Å². The van der Waals surface area contributed by atoms with Gasteiger partial charge in [0.2, 0.25) is 5.82 Å². The lowest BCUT2D eigenvalue weighted by Crippen LogP contribution is -2.32. The maximum atomic E-state index is 12.3. The highest BCUT2D eigenvalue weighted by molar-refractivity contribution is 6.29. The lowest BCUT2D eigenvalue weighted by atomic mass is 10.1. The number of benzene rings is 1. The highest BCUT2D eigenvalue weighted by Gasteiger charge is 2.19. The van der Waals surface area contributed by atoms with Crippen molar-refractivity contribution in [3.05, 3.63) is 62.8 Å². The second-order valence-electron chi connectivity index (χ2n) is 6.77. The van der Waals surface area contributed by atoms with Gasteiger partial charge < -0.3 is 15.4 Å². The maximum Gasteiger partial charge on any atom is 0.407 e. The van der Waals surface area contributed by atoms with Crippen LogP contribution in [0, 0.1) is 10.1 Å². The minimum absolute atomic E-state index is 0.0180. The van der Waals surface area contributed by atoms with E-state index < -0.39 is 22.5 Å². The molecule has 0 aliphatic rings. The highest BCUT2D eigenvalue weighted by Crippen LogP contribution is 2.24. The first-order valence-electron chi connectivity index (χ1n) is 8.23. The SMILES string of the molecule is CC(C)(C)OC(=O)NCc1ccc(C(=O)Nc2nc(Cl)ccc2[N+](=O)[O-])cc1. The van der Waals surface area contributed by atoms with Crippen molar-refractivity contribution in [2.75, 3.05) is 5.32 Å². The van der Waals surface area contributed by atoms with Crippen LogP contribution in [0.1, 0.15) is 36.7 Å². The van der Waals surface area contributed by atoms with Gasteiger partial charge >= 0.3 is 11.8 Å². The van der Waals surface area contributed by atoms with E-state index in [4.69, 9.17) is 16.3 Å². The van der Waals surface area contributed by atoms with Crippen LogP contribution >= 0.6 is 11.6 Å². The summed E-state index contributed by atoms with van der Waals surface area (Å²) in [6, 6.07) is 8.77. The molecule has 0 aliphatic heterocycles. The summed E-state index contributed by atoms with van der Waals surface area (Å²) >= 11 is 5.74. The van der Waals surface area contributed by atoms with Crippen LogP contribution in [0.3, 0.4) is 0 Å². The van der Waals surface area contributed by atoms with Crippen LogP contribution in [-0.4, -0.2) is 27.5 Å². The topological polar surface area (TPSA) is 123 Å². The number of hydrogen-bond acceptors (Lipinski definition) is 6. The van der Waals surface area contributed by atoms with E-state index in [9.17, 15) is 19.7 Å². The Morgan fingerprint density at radius 1 is 1.18 bits per heavy atom. The van der Waals surface area contributed by atoms with Crippen LogP contribution in [-0.2, 0) is 11.3 Å². The fourth-order valence-electron chi connectivity index (χ4n) is 2.11. The average molecular weight is 407 g/mol. The molecule has 2 rings (SSSR count). The Labute approximate surface area is 166 Å². The number of nitro groups is 1. The molecule has 9 nitrogen and oxygen atoms in total. The van der Waals surface area contributed by atoms with E-state index in [1.807, 2.05) is 0 Å². The van der Waals surface area contributed by atoms with Gasteiger partial charge in [-0.2, -0.15) is 0 Å². The van der Waals surface area contributed by atoms with Gasteiger partial charge in [-0.05, 0) is 44.5 Å². The van der Waals surface area contributed by atoms with E-state index in [0.717, 1.165) is 11.6 Å². The highest BCUT2D eigenvalue weighted by atomic mass is 35.5. The number of carbonyl (C=O) groups is 2. The fraction of sp³-hybridized carbons (Fsp3) is 0.278. The summed E-state index contributed by atoms with van der Waals surface area (Å²) < 4.78 is 5.14. The lowest BCUT2D eigenvalue weighted by molar-refractivity contribution is -0.384. The van der Waals surface area contributed by atoms with Gasteiger partial charge in [0.25, 0.3) is 5.91 Å². The Hall–Kier alpha value is -3.20. The summed E-state index contributed by atoms with van der Waals surface area (Å²) in [6.07, 6.45) is -0.548. The fourth-order valence-corrected chi connectivity index (χ4v) is 2.26. The number of carbonyl (C=O) groups excluding carboxylic acids is 2. The van der Waals surface area contributed by atoms with Crippen LogP contribution in [0.2, 0.25) is 5.15 Å². The van der Waals surface area contributed by atoms with Crippen molar-refractivity contribution in [2.45, 2.75) is 32.9 Å². The molecule has 2 N–H and O–H groups in total. The molecule has 0 unspecified atom stereocenters. The number of ether oxygens (including phenoxy) is 1. The van der Waals surface area contributed by atoms with Crippen molar-refractivity contribution in [3.63, 3.8) is 0 Å². The Kier molecular flexibility index (Phi) is 6.53. The summed E-state index contributed by atoms with van der Waals surface area (Å²) in [5.41, 5.74) is 0.0468. The standard InChI is InChI=1S/C18H19ClN4O5/c1-18(2,3)28-17(25)20-10-11-4-6-12(7-5-11)16(24)22-15-13(23(26)27)8-9-14(19)21-15/h4-9H,10H2,1-3H3,(H,20,25)(H,21,22,24). The van der Waals surface area contributed by atoms with Crippen LogP contribution in [0.4, 0.5) is 16.3 Å². The number of hydrogen-bond donors (Lipinski definition) is 2. The number of pyridine rings is 1. The van der Waals surface area contributed by atoms with Gasteiger partial charge in [0, 0.05) is 18.2 Å². The first kappa shape index (κ1) is 21.1. The monoisotopic (exact) mass is 406 g/mol. The number of rotatable bonds is 5. The quantitative estimate of drug-likeness (QED) is 0.440. The van der Waals surface area contributed by atoms with Crippen LogP contribution in [0.5, 0.6) is 0 Å². The van der Waals surface area contributed by atoms with Crippen LogP contribution < -0.4 is 10.6 Å². The first-order valence-corrected chi connectivity index (χ1v) is 8.61. The minimum Gasteiger partial charge on any atom is -0.444 e. The third-order valence-corrected chi connectivity index (χ3v) is 3.53. The molecule has 0 spiro atoms. The Morgan fingerprint density at radius 3 is 2.39 bits per heavy atom. The number of anilines is 1. The predicted molar refractivity (Wildman–Crippen MR) is 103 cm³/mol. The zero-order chi connectivity index (χ0) is 20.9. The van der Waals surface area contributed by atoms with Crippen molar-refractivity contribution in [2.24, 2.45) is 0 Å². The number of nitrogens with zero attached hydrogens (tertiary/aromatic N) is 2. The smallest absolute Gasteiger partial charge is 0.407 e. The van der Waals surface area contributed by atoms with Gasteiger partial charge in [0.15, 0.2) is 0 Å². The average Bonchev–Trinajstić information content (AvgIpc) is 2.58. The minimum atomic E-state index is -0.662. The zero-order valence-electron chi connectivity index (χ0n) is 15.5. The third kappa shape index (κ3) is 6.20. The van der Waals surface area contributed by atoms with Crippen LogP contribution in [0.25, 0.3) is 0 Å². The molecule has 1 heterocycles. The van der Waals surface area contributed by atoms with Gasteiger partial charge in [0.05, 0.1) is 4.92 Å². The molecule has 10 heteroatoms. The molecule has 0 radical (unpaired) electrons. The molecule has 0 aliphatic carbocycles. The van der Waals surface area contributed by atoms with Gasteiger partial charge in [-0.15, -0.1) is 0 Å². The molecule has 2 aromatic rings. The molecule has 0 saturated carbocycles. The molecule has 1 aromatic heterocycles. The molecule has 0 atom stereocenters. The summed E-state index contributed by atoms with van der Waals surface area (Å²) in [6.45, 7) is 5.51. The summed E-state index contributed by atoms with van der Waals surface area (Å²) in [5.74, 6) is -0.817. The lowest BCUT2D eigenvalue weighted by Gasteiger charge is -2.19. The van der Waals surface area contributed by atoms with Crippen LogP contribution in [0.15, 0.2) is 36.4 Å². The number of halogens is 1. The largest absolute Gasteiger partial charge is 0.444 e. The number of alkyl carbamates (subject to hydrolysis) is 1. The maximum absolute atomic E-state index is 12.3. The molecular weight excluding hydrogens is 388 g/mol. The normalized spacial score (nSPS) is 10.9. The van der Waals surface area contributed by atoms with Gasteiger partial charge in [-0.1, -0.05) is 23.7 Å². The van der Waals surface area contributed by atoms with Gasteiger partial charge in [-0.3, -0.25) is 14.9 Å². The molecule has 28 heavy (non-hydrogen) atoms. The molecule has 0 saturated heterocycles. The van der Waals surface area contributed by atoms with Crippen molar-refractivity contribution < 1.29 is 19.2 Å². The van der Waals surface area contributed by atoms with E-state index in [1.54, 1.807) is 32.9 Å². The Bertz CT molecular complexity index is 894. The number of amides is 2. The molecular formula is C18H19ClN4O5. The molecule has 148 valence electrons. The molecule has 2 amide bonds. The number of nitrogens with one attached hydrogen (secondary N) is 2. The first-order chi connectivity index (χ1) is 13.0. The van der Waals surface area contributed by atoms with E-state index in [1.165, 1.54) is 18.2 Å². The molecule has 0 bridgehead atoms. The van der Waals surface area contributed by atoms with Crippen molar-refractivity contribution in [1.82, 2.24) is 10.3 Å². The van der Waals surface area contributed by atoms with E-state index in [-0.39, 0.29) is 28.8 Å². The third-order valence-electron chi connectivity index (χ3n) is 3.32. The summed E-state index contributed by atoms with van der Waals surface area (Å²) in [5, 5.41) is 16.0. The second kappa shape index (κ2) is 8.66. The van der Waals surface area contributed by atoms with Crippen molar-refractivity contribution in [1.29, 1.82) is 0 Å². The van der Waals surface area contributed by atoms with E-state index >= 15 is 0 Å². The van der Waals surface area contributed by atoms with Gasteiger partial charge in [-0.25, -0.2) is 9.78 Å². The second-order valence-corrected chi connectivity index (χ2v) is 7.15. The number of aromatic nitrogens is 1.